The Balaban J connectivity index is 1.10. The molecule has 52 heavy (non-hydrogen) atoms. The van der Waals surface area contributed by atoms with E-state index in [4.69, 9.17) is 0 Å². The molecular formula is C38H43N7O7. The number of imidazole rings is 1. The highest BCUT2D eigenvalue weighted by molar-refractivity contribution is 5.99. The van der Waals surface area contributed by atoms with Gasteiger partial charge in [0.2, 0.25) is 17.7 Å². The lowest BCUT2D eigenvalue weighted by Crippen LogP contribution is -2.51. The van der Waals surface area contributed by atoms with Gasteiger partial charge < -0.3 is 40.2 Å². The maximum atomic E-state index is 13.2. The minimum absolute atomic E-state index is 0.182. The van der Waals surface area contributed by atoms with Crippen LogP contribution in [0.4, 0.5) is 15.3 Å². The Bertz CT molecular complexity index is 1980. The fraction of sp³-hybridized carbons (Fsp3) is 0.368. The molecule has 0 bridgehead atoms. The number of nitrogens with one attached hydrogen (secondary N) is 4. The zero-order chi connectivity index (χ0) is 36.9. The number of carbonyl (C=O) groups is 5. The molecule has 0 aliphatic carbocycles. The average molecular weight is 710 g/mol. The number of aromatic amines is 1. The number of nitrogens with zero attached hydrogens (tertiary/aromatic N) is 3. The number of alkyl carbamates (subject to hydrolysis) is 2. The fourth-order valence-corrected chi connectivity index (χ4v) is 6.93. The van der Waals surface area contributed by atoms with Crippen LogP contribution in [0, 0.1) is 0 Å². The number of anilines is 1. The third kappa shape index (κ3) is 7.70. The van der Waals surface area contributed by atoms with Crippen LogP contribution in [0.2, 0.25) is 0 Å². The van der Waals surface area contributed by atoms with Gasteiger partial charge in [0.25, 0.3) is 0 Å². The second-order valence-corrected chi connectivity index (χ2v) is 13.1. The van der Waals surface area contributed by atoms with Gasteiger partial charge >= 0.3 is 12.2 Å². The summed E-state index contributed by atoms with van der Waals surface area (Å²) in [6.07, 6.45) is 3.28. The summed E-state index contributed by atoms with van der Waals surface area (Å²) in [5.74, 6) is -0.0791. The first-order chi connectivity index (χ1) is 25.1. The van der Waals surface area contributed by atoms with Crippen molar-refractivity contribution in [3.8, 4) is 22.4 Å². The zero-order valence-corrected chi connectivity index (χ0v) is 29.6. The number of amides is 5. The molecule has 5 amide bonds. The second-order valence-electron chi connectivity index (χ2n) is 13.1. The summed E-state index contributed by atoms with van der Waals surface area (Å²) in [5, 5.41) is 10.1. The zero-order valence-electron chi connectivity index (χ0n) is 29.6. The molecule has 6 rings (SSSR count). The van der Waals surface area contributed by atoms with Gasteiger partial charge in [-0.15, -0.1) is 0 Å². The number of hydrogen-bond acceptors (Lipinski definition) is 8. The number of likely N-dealkylation sites (tertiary alicyclic amines) is 2. The van der Waals surface area contributed by atoms with E-state index in [0.717, 1.165) is 46.0 Å². The lowest BCUT2D eigenvalue weighted by molar-refractivity contribution is -0.138. The quantitative estimate of drug-likeness (QED) is 0.188. The van der Waals surface area contributed by atoms with Crippen molar-refractivity contribution < 1.29 is 33.4 Å². The number of fused-ring (bicyclic) bond motifs is 1. The lowest BCUT2D eigenvalue weighted by atomic mass is 9.99. The molecule has 2 fully saturated rings. The molecule has 0 unspecified atom stereocenters. The monoisotopic (exact) mass is 709 g/mol. The Hall–Kier alpha value is -5.92. The van der Waals surface area contributed by atoms with Crippen molar-refractivity contribution in [1.82, 2.24) is 30.4 Å². The molecule has 272 valence electrons. The normalized spacial score (nSPS) is 18.1. The highest BCUT2D eigenvalue weighted by Crippen LogP contribution is 2.33. The van der Waals surface area contributed by atoms with Gasteiger partial charge in [0.05, 0.1) is 32.2 Å². The minimum Gasteiger partial charge on any atom is -0.453 e. The maximum Gasteiger partial charge on any atom is 0.407 e. The number of ether oxygens (including phenoxy) is 2. The Labute approximate surface area is 301 Å². The molecule has 0 spiro atoms. The van der Waals surface area contributed by atoms with E-state index < -0.39 is 30.3 Å². The van der Waals surface area contributed by atoms with E-state index in [1.165, 1.54) is 19.1 Å². The van der Waals surface area contributed by atoms with Crippen LogP contribution >= 0.6 is 0 Å². The minimum atomic E-state index is -0.812. The van der Waals surface area contributed by atoms with E-state index in [-0.39, 0.29) is 23.8 Å². The molecular weight excluding hydrogens is 666 g/mol. The number of methoxy groups -OCH3 is 2. The Morgan fingerprint density at radius 1 is 0.750 bits per heavy atom. The molecule has 1 aromatic heterocycles. The van der Waals surface area contributed by atoms with Gasteiger partial charge in [-0.05, 0) is 85.7 Å². The number of aromatic nitrogens is 2. The van der Waals surface area contributed by atoms with E-state index in [1.54, 1.807) is 24.9 Å². The van der Waals surface area contributed by atoms with Gasteiger partial charge in [-0.2, -0.15) is 0 Å². The van der Waals surface area contributed by atoms with Crippen molar-refractivity contribution in [3.63, 3.8) is 0 Å². The first kappa shape index (κ1) is 35.9. The van der Waals surface area contributed by atoms with E-state index in [2.05, 4.69) is 65.7 Å². The summed E-state index contributed by atoms with van der Waals surface area (Å²) in [6, 6.07) is 17.6. The molecule has 0 radical (unpaired) electrons. The molecule has 3 heterocycles. The first-order valence-corrected chi connectivity index (χ1v) is 17.4. The van der Waals surface area contributed by atoms with E-state index in [9.17, 15) is 24.0 Å². The number of rotatable bonds is 9. The van der Waals surface area contributed by atoms with E-state index >= 15 is 0 Å². The predicted molar refractivity (Wildman–Crippen MR) is 194 cm³/mol. The standard InChI is InChI=1S/C38H43N7O7/c1-22(40-37(49)51-3)35(47)44-17-5-7-31(44)33-39-21-30(43-33)28-12-11-26-19-25(9-10-27(26)20-28)24-13-15-29(16-14-24)42-34(46)32-8-6-18-45(32)36(48)23(2)41-38(50)52-4/h9-16,19-23,31-32H,5-8,17-18H2,1-4H3,(H,39,43)(H,40,49)(H,41,50)(H,42,46)/t22-,23-,31-,32-/m0/s1. The van der Waals surface area contributed by atoms with Crippen molar-refractivity contribution >= 4 is 46.4 Å². The second kappa shape index (κ2) is 15.5. The third-order valence-corrected chi connectivity index (χ3v) is 9.70. The summed E-state index contributed by atoms with van der Waals surface area (Å²) < 4.78 is 9.23. The maximum absolute atomic E-state index is 13.2. The Morgan fingerprint density at radius 3 is 1.96 bits per heavy atom. The lowest BCUT2D eigenvalue weighted by Gasteiger charge is -2.27. The molecule has 14 nitrogen and oxygen atoms in total. The van der Waals surface area contributed by atoms with Crippen LogP contribution < -0.4 is 16.0 Å². The smallest absolute Gasteiger partial charge is 0.407 e. The highest BCUT2D eigenvalue weighted by atomic mass is 16.5. The largest absolute Gasteiger partial charge is 0.453 e. The van der Waals surface area contributed by atoms with Crippen LogP contribution in [-0.2, 0) is 23.9 Å². The Kier molecular flexibility index (Phi) is 10.7. The van der Waals surface area contributed by atoms with Crippen LogP contribution in [0.15, 0.2) is 66.9 Å². The molecule has 2 aliphatic heterocycles. The van der Waals surface area contributed by atoms with Crippen LogP contribution in [-0.4, -0.2) is 95.1 Å². The van der Waals surface area contributed by atoms with Gasteiger partial charge in [0.15, 0.2) is 0 Å². The summed E-state index contributed by atoms with van der Waals surface area (Å²) in [6.45, 7) is 4.24. The van der Waals surface area contributed by atoms with E-state index in [0.29, 0.717) is 37.4 Å². The molecule has 3 aromatic carbocycles. The molecule has 4 aromatic rings. The molecule has 2 aliphatic rings. The highest BCUT2D eigenvalue weighted by Gasteiger charge is 2.37. The van der Waals surface area contributed by atoms with Crippen molar-refractivity contribution in [2.75, 3.05) is 32.6 Å². The number of hydrogen-bond donors (Lipinski definition) is 4. The molecule has 0 saturated carbocycles. The topological polar surface area (TPSA) is 175 Å². The van der Waals surface area contributed by atoms with Gasteiger partial charge in [-0.25, -0.2) is 14.6 Å². The summed E-state index contributed by atoms with van der Waals surface area (Å²) in [5.41, 5.74) is 4.43. The molecule has 4 N–H and O–H groups in total. The van der Waals surface area contributed by atoms with Gasteiger partial charge in [-0.1, -0.05) is 36.4 Å². The molecule has 4 atom stereocenters. The van der Waals surface area contributed by atoms with Gasteiger partial charge in [0.1, 0.15) is 23.9 Å². The van der Waals surface area contributed by atoms with Crippen LogP contribution in [0.5, 0.6) is 0 Å². The van der Waals surface area contributed by atoms with Gasteiger partial charge in [0, 0.05) is 24.3 Å². The first-order valence-electron chi connectivity index (χ1n) is 17.4. The van der Waals surface area contributed by atoms with Crippen molar-refractivity contribution in [2.24, 2.45) is 0 Å². The van der Waals surface area contributed by atoms with Crippen LogP contribution in [0.25, 0.3) is 33.2 Å². The third-order valence-electron chi connectivity index (χ3n) is 9.70. The van der Waals surface area contributed by atoms with E-state index in [1.807, 2.05) is 30.3 Å². The number of H-pyrrole nitrogens is 1. The average Bonchev–Trinajstić information content (AvgIpc) is 3.95. The SMILES string of the molecule is COC(=O)N[C@@H](C)C(=O)N1CCC[C@H]1C(=O)Nc1ccc(-c2ccc3cc(-c4cnc([C@@H]5CCCN5C(=O)[C@H](C)NC(=O)OC)[nH]4)ccc3c2)cc1. The Morgan fingerprint density at radius 2 is 1.31 bits per heavy atom. The molecule has 2 saturated heterocycles. The molecule has 14 heteroatoms. The summed E-state index contributed by atoms with van der Waals surface area (Å²) in [7, 11) is 2.49. The van der Waals surface area contributed by atoms with Gasteiger partial charge in [-0.3, -0.25) is 14.4 Å². The van der Waals surface area contributed by atoms with Crippen LogP contribution in [0.1, 0.15) is 51.4 Å². The summed E-state index contributed by atoms with van der Waals surface area (Å²) >= 11 is 0. The van der Waals surface area contributed by atoms with Crippen LogP contribution in [0.3, 0.4) is 0 Å². The fourth-order valence-electron chi connectivity index (χ4n) is 6.93. The number of carbonyl (C=O) groups excluding carboxylic acids is 5. The summed E-state index contributed by atoms with van der Waals surface area (Å²) in [4.78, 5) is 73.7. The van der Waals surface area contributed by atoms with Crippen molar-refractivity contribution in [2.45, 2.75) is 63.7 Å². The number of benzene rings is 3. The van der Waals surface area contributed by atoms with Crippen molar-refractivity contribution in [1.29, 1.82) is 0 Å². The predicted octanol–water partition coefficient (Wildman–Crippen LogP) is 4.98. The van der Waals surface area contributed by atoms with Crippen molar-refractivity contribution in [3.05, 3.63) is 72.7 Å².